The second-order valence-corrected chi connectivity index (χ2v) is 6.12. The van der Waals surface area contributed by atoms with E-state index in [0.717, 1.165) is 5.56 Å². The molecule has 0 heterocycles. The lowest BCUT2D eigenvalue weighted by atomic mass is 9.97. The third kappa shape index (κ3) is 5.84. The van der Waals surface area contributed by atoms with Crippen molar-refractivity contribution in [1.29, 1.82) is 0 Å². The van der Waals surface area contributed by atoms with Gasteiger partial charge >= 0.3 is 5.97 Å². The molecule has 7 nitrogen and oxygen atoms in total. The summed E-state index contributed by atoms with van der Waals surface area (Å²) in [7, 11) is 1.47. The number of carbonyl (C=O) groups excluding carboxylic acids is 3. The Kier molecular flexibility index (Phi) is 7.56. The molecule has 0 saturated carbocycles. The molecule has 148 valence electrons. The molecule has 0 spiro atoms. The Morgan fingerprint density at radius 2 is 1.75 bits per heavy atom. The molecule has 0 aromatic heterocycles. The van der Waals surface area contributed by atoms with Crippen LogP contribution >= 0.6 is 0 Å². The Morgan fingerprint density at radius 1 is 1.04 bits per heavy atom. The van der Waals surface area contributed by atoms with Crippen molar-refractivity contribution in [2.24, 2.45) is 0 Å². The second kappa shape index (κ2) is 10.1. The molecule has 0 bridgehead atoms. The first-order valence-corrected chi connectivity index (χ1v) is 8.91. The van der Waals surface area contributed by atoms with Gasteiger partial charge < -0.3 is 20.1 Å². The van der Waals surface area contributed by atoms with Crippen LogP contribution in [-0.2, 0) is 19.1 Å². The number of benzene rings is 2. The predicted molar refractivity (Wildman–Crippen MR) is 106 cm³/mol. The van der Waals surface area contributed by atoms with E-state index in [2.05, 4.69) is 10.6 Å². The summed E-state index contributed by atoms with van der Waals surface area (Å²) in [6.07, 6.45) is 0.567. The number of anilines is 2. The van der Waals surface area contributed by atoms with Crippen LogP contribution in [0, 0.1) is 0 Å². The van der Waals surface area contributed by atoms with Crippen molar-refractivity contribution in [2.75, 3.05) is 24.4 Å². The molecule has 2 amide bonds. The quantitative estimate of drug-likeness (QED) is 0.681. The van der Waals surface area contributed by atoms with Gasteiger partial charge in [-0.25, -0.2) is 0 Å². The lowest BCUT2D eigenvalue weighted by Gasteiger charge is -2.15. The van der Waals surface area contributed by atoms with Gasteiger partial charge in [-0.15, -0.1) is 0 Å². The Labute approximate surface area is 164 Å². The molecule has 2 aromatic rings. The SMILES string of the molecule is CCC(C(=O)OCC(=O)Nc1cc(NC(C)=O)ccc1OC)c1ccccc1. The number of esters is 1. The van der Waals surface area contributed by atoms with E-state index in [1.54, 1.807) is 18.2 Å². The predicted octanol–water partition coefficient (Wildman–Crippen LogP) is 3.33. The minimum absolute atomic E-state index is 0.233. The number of rotatable bonds is 8. The topological polar surface area (TPSA) is 93.7 Å². The van der Waals surface area contributed by atoms with Crippen LogP contribution in [0.25, 0.3) is 0 Å². The maximum atomic E-state index is 12.4. The van der Waals surface area contributed by atoms with Gasteiger partial charge in [0.05, 0.1) is 18.7 Å². The van der Waals surface area contributed by atoms with E-state index in [9.17, 15) is 14.4 Å². The number of carbonyl (C=O) groups is 3. The lowest BCUT2D eigenvalue weighted by Crippen LogP contribution is -2.24. The third-order valence-electron chi connectivity index (χ3n) is 4.03. The maximum Gasteiger partial charge on any atom is 0.313 e. The van der Waals surface area contributed by atoms with Gasteiger partial charge in [0.25, 0.3) is 5.91 Å². The Bertz CT molecular complexity index is 836. The summed E-state index contributed by atoms with van der Waals surface area (Å²) >= 11 is 0. The van der Waals surface area contributed by atoms with Crippen molar-refractivity contribution in [3.05, 3.63) is 54.1 Å². The fourth-order valence-electron chi connectivity index (χ4n) is 2.73. The molecule has 1 unspecified atom stereocenters. The highest BCUT2D eigenvalue weighted by molar-refractivity contribution is 5.96. The number of hydrogen-bond acceptors (Lipinski definition) is 5. The molecule has 0 saturated heterocycles. The van der Waals surface area contributed by atoms with Crippen LogP contribution in [0.2, 0.25) is 0 Å². The van der Waals surface area contributed by atoms with E-state index < -0.39 is 24.4 Å². The van der Waals surface area contributed by atoms with Crippen LogP contribution in [0.15, 0.2) is 48.5 Å². The molecule has 0 aliphatic heterocycles. The molecule has 2 aromatic carbocycles. The van der Waals surface area contributed by atoms with Crippen LogP contribution in [0.3, 0.4) is 0 Å². The van der Waals surface area contributed by atoms with E-state index in [1.165, 1.54) is 14.0 Å². The minimum Gasteiger partial charge on any atom is -0.495 e. The first-order valence-electron chi connectivity index (χ1n) is 8.91. The zero-order valence-electron chi connectivity index (χ0n) is 16.2. The highest BCUT2D eigenvalue weighted by atomic mass is 16.5. The van der Waals surface area contributed by atoms with Crippen molar-refractivity contribution in [3.8, 4) is 5.75 Å². The van der Waals surface area contributed by atoms with Crippen LogP contribution in [0.5, 0.6) is 5.75 Å². The smallest absolute Gasteiger partial charge is 0.313 e. The van der Waals surface area contributed by atoms with Crippen LogP contribution in [0.4, 0.5) is 11.4 Å². The summed E-state index contributed by atoms with van der Waals surface area (Å²) in [5.74, 6) is -1.20. The summed E-state index contributed by atoms with van der Waals surface area (Å²) in [5, 5.41) is 5.26. The largest absolute Gasteiger partial charge is 0.495 e. The van der Waals surface area contributed by atoms with Crippen LogP contribution in [0.1, 0.15) is 31.7 Å². The summed E-state index contributed by atoms with van der Waals surface area (Å²) < 4.78 is 10.4. The Morgan fingerprint density at radius 3 is 2.36 bits per heavy atom. The Hall–Kier alpha value is -3.35. The van der Waals surface area contributed by atoms with Gasteiger partial charge in [0.15, 0.2) is 6.61 Å². The summed E-state index contributed by atoms with van der Waals surface area (Å²) in [6.45, 7) is 2.85. The van der Waals surface area contributed by atoms with Crippen LogP contribution < -0.4 is 15.4 Å². The molecule has 0 aliphatic rings. The molecular weight excluding hydrogens is 360 g/mol. The third-order valence-corrected chi connectivity index (χ3v) is 4.03. The molecule has 0 aliphatic carbocycles. The second-order valence-electron chi connectivity index (χ2n) is 6.12. The number of methoxy groups -OCH3 is 1. The van der Waals surface area contributed by atoms with Gasteiger partial charge in [-0.3, -0.25) is 14.4 Å². The summed E-state index contributed by atoms with van der Waals surface area (Å²) in [4.78, 5) is 35.8. The van der Waals surface area contributed by atoms with Crippen molar-refractivity contribution in [3.63, 3.8) is 0 Å². The summed E-state index contributed by atoms with van der Waals surface area (Å²) in [5.41, 5.74) is 1.72. The van der Waals surface area contributed by atoms with E-state index in [1.807, 2.05) is 37.3 Å². The molecular formula is C21H24N2O5. The molecule has 2 N–H and O–H groups in total. The molecule has 0 radical (unpaired) electrons. The zero-order valence-corrected chi connectivity index (χ0v) is 16.2. The van der Waals surface area contributed by atoms with Crippen molar-refractivity contribution >= 4 is 29.2 Å². The van der Waals surface area contributed by atoms with Crippen molar-refractivity contribution in [2.45, 2.75) is 26.2 Å². The Balaban J connectivity index is 2.00. The highest BCUT2D eigenvalue weighted by Crippen LogP contribution is 2.28. The first kappa shape index (κ1) is 21.0. The maximum absolute atomic E-state index is 12.4. The molecule has 2 rings (SSSR count). The number of hydrogen-bond donors (Lipinski definition) is 2. The van der Waals surface area contributed by atoms with Gasteiger partial charge in [-0.05, 0) is 30.2 Å². The average molecular weight is 384 g/mol. The fourth-order valence-corrected chi connectivity index (χ4v) is 2.73. The highest BCUT2D eigenvalue weighted by Gasteiger charge is 2.21. The fraction of sp³-hybridized carbons (Fsp3) is 0.286. The van der Waals surface area contributed by atoms with Crippen LogP contribution in [-0.4, -0.2) is 31.5 Å². The van der Waals surface area contributed by atoms with Gasteiger partial charge in [0, 0.05) is 12.6 Å². The summed E-state index contributed by atoms with van der Waals surface area (Å²) in [6, 6.07) is 14.1. The lowest BCUT2D eigenvalue weighted by molar-refractivity contribution is -0.149. The number of amides is 2. The van der Waals surface area contributed by atoms with Crippen molar-refractivity contribution < 1.29 is 23.9 Å². The van der Waals surface area contributed by atoms with Gasteiger partial charge in [0.2, 0.25) is 5.91 Å². The van der Waals surface area contributed by atoms with E-state index in [4.69, 9.17) is 9.47 Å². The average Bonchev–Trinajstić information content (AvgIpc) is 2.67. The standard InChI is InChI=1S/C21H24N2O5/c1-4-17(15-8-6-5-7-9-15)21(26)28-13-20(25)23-18-12-16(22-14(2)24)10-11-19(18)27-3/h5-12,17H,4,13H2,1-3H3,(H,22,24)(H,23,25). The normalized spacial score (nSPS) is 11.2. The monoisotopic (exact) mass is 384 g/mol. The molecule has 0 fully saturated rings. The van der Waals surface area contributed by atoms with Gasteiger partial charge in [0.1, 0.15) is 5.75 Å². The zero-order chi connectivity index (χ0) is 20.5. The van der Waals surface area contributed by atoms with E-state index in [0.29, 0.717) is 23.5 Å². The van der Waals surface area contributed by atoms with Gasteiger partial charge in [-0.1, -0.05) is 37.3 Å². The van der Waals surface area contributed by atoms with Gasteiger partial charge in [-0.2, -0.15) is 0 Å². The number of ether oxygens (including phenoxy) is 2. The molecule has 28 heavy (non-hydrogen) atoms. The minimum atomic E-state index is -0.505. The van der Waals surface area contributed by atoms with Crippen molar-refractivity contribution in [1.82, 2.24) is 0 Å². The van der Waals surface area contributed by atoms with E-state index >= 15 is 0 Å². The van der Waals surface area contributed by atoms with E-state index in [-0.39, 0.29) is 5.91 Å². The first-order chi connectivity index (χ1) is 13.4. The number of nitrogens with one attached hydrogen (secondary N) is 2. The molecule has 7 heteroatoms. The molecule has 1 atom stereocenters.